The van der Waals surface area contributed by atoms with Crippen LogP contribution in [0.15, 0.2) is 4.99 Å². The number of carbonyl (C=O) groups is 1. The molecule has 0 bridgehead atoms. The van der Waals surface area contributed by atoms with E-state index in [1.54, 1.807) is 0 Å². The van der Waals surface area contributed by atoms with Crippen LogP contribution >= 0.6 is 0 Å². The highest BCUT2D eigenvalue weighted by molar-refractivity contribution is 5.86. The molecule has 2 atom stereocenters. The zero-order valence-electron chi connectivity index (χ0n) is 12.1. The van der Waals surface area contributed by atoms with Crippen LogP contribution in [-0.4, -0.2) is 29.1 Å². The summed E-state index contributed by atoms with van der Waals surface area (Å²) in [6, 6.07) is -0.135. The lowest BCUT2D eigenvalue weighted by Crippen LogP contribution is -2.37. The molecule has 112 valence electrons. The standard InChI is InChI=1S/C16H25NO3/c18-16(19)14-13(11-7-3-1-4-8-11)17-15(20-14)12-9-5-2-6-10-12/h11-14H,1-10H2,(H,18,19). The summed E-state index contributed by atoms with van der Waals surface area (Å²) in [7, 11) is 0. The predicted octanol–water partition coefficient (Wildman–Crippen LogP) is 3.40. The monoisotopic (exact) mass is 279 g/mol. The first kappa shape index (κ1) is 13.9. The first-order valence-corrected chi connectivity index (χ1v) is 8.23. The van der Waals surface area contributed by atoms with Crippen molar-refractivity contribution in [1.82, 2.24) is 0 Å². The molecule has 20 heavy (non-hydrogen) atoms. The van der Waals surface area contributed by atoms with E-state index >= 15 is 0 Å². The number of ether oxygens (including phenoxy) is 1. The molecule has 0 radical (unpaired) electrons. The average Bonchev–Trinajstić information content (AvgIpc) is 2.94. The largest absolute Gasteiger partial charge is 0.478 e. The Morgan fingerprint density at radius 1 is 1.00 bits per heavy atom. The molecule has 1 heterocycles. The van der Waals surface area contributed by atoms with E-state index in [-0.39, 0.29) is 6.04 Å². The van der Waals surface area contributed by atoms with Gasteiger partial charge in [-0.15, -0.1) is 0 Å². The van der Waals surface area contributed by atoms with Gasteiger partial charge in [0.1, 0.15) is 6.04 Å². The highest BCUT2D eigenvalue weighted by atomic mass is 16.5. The van der Waals surface area contributed by atoms with E-state index in [9.17, 15) is 9.90 Å². The Balaban J connectivity index is 1.73. The summed E-state index contributed by atoms with van der Waals surface area (Å²) in [6.07, 6.45) is 11.2. The molecule has 1 aliphatic heterocycles. The van der Waals surface area contributed by atoms with Crippen molar-refractivity contribution in [2.45, 2.75) is 76.4 Å². The van der Waals surface area contributed by atoms with Crippen LogP contribution in [0.5, 0.6) is 0 Å². The lowest BCUT2D eigenvalue weighted by atomic mass is 9.82. The van der Waals surface area contributed by atoms with Crippen molar-refractivity contribution >= 4 is 11.9 Å². The number of aliphatic carboxylic acids is 1. The van der Waals surface area contributed by atoms with E-state index in [1.165, 1.54) is 38.5 Å². The molecule has 2 aliphatic carbocycles. The quantitative estimate of drug-likeness (QED) is 0.861. The van der Waals surface area contributed by atoms with Gasteiger partial charge in [-0.1, -0.05) is 38.5 Å². The van der Waals surface area contributed by atoms with Gasteiger partial charge in [-0.05, 0) is 31.6 Å². The molecule has 2 fully saturated rings. The summed E-state index contributed by atoms with van der Waals surface area (Å²) in [5, 5.41) is 9.43. The van der Waals surface area contributed by atoms with Crippen molar-refractivity contribution in [3.8, 4) is 0 Å². The summed E-state index contributed by atoms with van der Waals surface area (Å²) in [4.78, 5) is 16.2. The molecule has 0 aromatic rings. The van der Waals surface area contributed by atoms with E-state index in [0.717, 1.165) is 31.6 Å². The van der Waals surface area contributed by atoms with Crippen molar-refractivity contribution in [1.29, 1.82) is 0 Å². The van der Waals surface area contributed by atoms with Gasteiger partial charge in [0.2, 0.25) is 6.10 Å². The van der Waals surface area contributed by atoms with Gasteiger partial charge in [0.25, 0.3) is 0 Å². The van der Waals surface area contributed by atoms with Crippen LogP contribution in [0.1, 0.15) is 64.2 Å². The molecule has 0 aromatic carbocycles. The highest BCUT2D eigenvalue weighted by Crippen LogP contribution is 2.36. The van der Waals surface area contributed by atoms with Gasteiger partial charge in [0.05, 0.1) is 0 Å². The van der Waals surface area contributed by atoms with E-state index in [2.05, 4.69) is 0 Å². The number of aliphatic imine (C=N–C) groups is 1. The minimum Gasteiger partial charge on any atom is -0.478 e. The summed E-state index contributed by atoms with van der Waals surface area (Å²) >= 11 is 0. The van der Waals surface area contributed by atoms with Crippen LogP contribution < -0.4 is 0 Å². The second kappa shape index (κ2) is 6.15. The zero-order valence-corrected chi connectivity index (χ0v) is 12.1. The number of carboxylic acids is 1. The van der Waals surface area contributed by atoms with Crippen LogP contribution in [0.4, 0.5) is 0 Å². The lowest BCUT2D eigenvalue weighted by Gasteiger charge is -2.26. The number of hydrogen-bond acceptors (Lipinski definition) is 3. The van der Waals surface area contributed by atoms with Crippen molar-refractivity contribution in [3.05, 3.63) is 0 Å². The molecule has 4 nitrogen and oxygen atoms in total. The van der Waals surface area contributed by atoms with Gasteiger partial charge in [-0.3, -0.25) is 0 Å². The normalized spacial score (nSPS) is 32.7. The summed E-state index contributed by atoms with van der Waals surface area (Å²) in [5.74, 6) is 0.702. The third-order valence-corrected chi connectivity index (χ3v) is 5.16. The van der Waals surface area contributed by atoms with E-state index < -0.39 is 12.1 Å². The Labute approximate surface area is 120 Å². The number of carboxylic acid groups (broad SMARTS) is 1. The van der Waals surface area contributed by atoms with Gasteiger partial charge in [0.15, 0.2) is 5.90 Å². The maximum atomic E-state index is 11.5. The van der Waals surface area contributed by atoms with Gasteiger partial charge < -0.3 is 9.84 Å². The molecule has 3 rings (SSSR count). The first-order valence-electron chi connectivity index (χ1n) is 8.23. The Hall–Kier alpha value is -1.06. The van der Waals surface area contributed by atoms with E-state index in [1.807, 2.05) is 0 Å². The average molecular weight is 279 g/mol. The topological polar surface area (TPSA) is 58.9 Å². The molecule has 4 heteroatoms. The lowest BCUT2D eigenvalue weighted by molar-refractivity contribution is -0.146. The Bertz CT molecular complexity index is 381. The Morgan fingerprint density at radius 2 is 1.60 bits per heavy atom. The maximum Gasteiger partial charge on any atom is 0.347 e. The SMILES string of the molecule is O=C(O)C1OC(C2CCCCC2)=NC1C1CCCCC1. The second-order valence-electron chi connectivity index (χ2n) is 6.57. The number of rotatable bonds is 3. The molecule has 0 saturated heterocycles. The molecule has 0 amide bonds. The Kier molecular flexibility index (Phi) is 4.27. The van der Waals surface area contributed by atoms with Crippen LogP contribution in [0, 0.1) is 11.8 Å². The molecule has 2 saturated carbocycles. The van der Waals surface area contributed by atoms with Crippen LogP contribution in [0.2, 0.25) is 0 Å². The highest BCUT2D eigenvalue weighted by Gasteiger charge is 2.43. The first-order chi connectivity index (χ1) is 9.75. The van der Waals surface area contributed by atoms with Crippen LogP contribution in [-0.2, 0) is 9.53 Å². The van der Waals surface area contributed by atoms with Gasteiger partial charge in [-0.2, -0.15) is 0 Å². The molecule has 0 aromatic heterocycles. The molecular formula is C16H25NO3. The maximum absolute atomic E-state index is 11.5. The van der Waals surface area contributed by atoms with Gasteiger partial charge >= 0.3 is 5.97 Å². The van der Waals surface area contributed by atoms with Gasteiger partial charge in [0, 0.05) is 5.92 Å². The fourth-order valence-corrected chi connectivity index (χ4v) is 4.02. The number of hydrogen-bond donors (Lipinski definition) is 1. The molecular weight excluding hydrogens is 254 g/mol. The summed E-state index contributed by atoms with van der Waals surface area (Å²) in [5.41, 5.74) is 0. The minimum atomic E-state index is -0.838. The van der Waals surface area contributed by atoms with Crippen molar-refractivity contribution in [3.63, 3.8) is 0 Å². The van der Waals surface area contributed by atoms with E-state index in [0.29, 0.717) is 11.8 Å². The third-order valence-electron chi connectivity index (χ3n) is 5.16. The van der Waals surface area contributed by atoms with Gasteiger partial charge in [-0.25, -0.2) is 9.79 Å². The Morgan fingerprint density at radius 3 is 2.20 bits per heavy atom. The van der Waals surface area contributed by atoms with Crippen molar-refractivity contribution in [2.75, 3.05) is 0 Å². The molecule has 0 spiro atoms. The number of nitrogens with zero attached hydrogens (tertiary/aromatic N) is 1. The fraction of sp³-hybridized carbons (Fsp3) is 0.875. The summed E-state index contributed by atoms with van der Waals surface area (Å²) < 4.78 is 5.78. The smallest absolute Gasteiger partial charge is 0.347 e. The van der Waals surface area contributed by atoms with E-state index in [4.69, 9.17) is 9.73 Å². The zero-order chi connectivity index (χ0) is 13.9. The van der Waals surface area contributed by atoms with Crippen LogP contribution in [0.3, 0.4) is 0 Å². The van der Waals surface area contributed by atoms with Crippen molar-refractivity contribution < 1.29 is 14.6 Å². The minimum absolute atomic E-state index is 0.135. The predicted molar refractivity (Wildman–Crippen MR) is 76.9 cm³/mol. The molecule has 3 aliphatic rings. The summed E-state index contributed by atoms with van der Waals surface area (Å²) in [6.45, 7) is 0. The fourth-order valence-electron chi connectivity index (χ4n) is 4.02. The second-order valence-corrected chi connectivity index (χ2v) is 6.57. The van der Waals surface area contributed by atoms with Crippen molar-refractivity contribution in [2.24, 2.45) is 16.8 Å². The molecule has 1 N–H and O–H groups in total. The van der Waals surface area contributed by atoms with Crippen LogP contribution in [0.25, 0.3) is 0 Å². The molecule has 2 unspecified atom stereocenters. The third kappa shape index (κ3) is 2.84.